The number of hydrogen-bond acceptors (Lipinski definition) is 6. The van der Waals surface area contributed by atoms with Crippen LogP contribution in [-0.4, -0.2) is 61.5 Å². The van der Waals surface area contributed by atoms with Gasteiger partial charge in [-0.2, -0.15) is 18.4 Å². The fraction of sp³-hybridized carbons (Fsp3) is 0.333. The van der Waals surface area contributed by atoms with E-state index < -0.39 is 29.3 Å². The number of carbonyl (C=O) groups excluding carboxylic acids is 2. The van der Waals surface area contributed by atoms with Gasteiger partial charge in [-0.3, -0.25) is 9.59 Å². The van der Waals surface area contributed by atoms with Crippen molar-refractivity contribution in [1.29, 1.82) is 5.26 Å². The summed E-state index contributed by atoms with van der Waals surface area (Å²) in [6.07, 6.45) is -3.36. The van der Waals surface area contributed by atoms with Gasteiger partial charge in [0.25, 0.3) is 5.91 Å². The zero-order valence-electron chi connectivity index (χ0n) is 17.3. The van der Waals surface area contributed by atoms with Crippen LogP contribution < -0.4 is 15.0 Å². The average Bonchev–Trinajstić information content (AvgIpc) is 2.81. The molecule has 1 aromatic heterocycles. The second-order valence-corrected chi connectivity index (χ2v) is 7.00. The molecule has 11 heteroatoms. The SMILES string of the molecule is CNC(=O)C1CN(C(=O)c2ccc(OC)nc2)CCN1c1ccc(C#N)c(C(F)(F)F)c1. The second-order valence-electron chi connectivity index (χ2n) is 7.00. The molecule has 2 amide bonds. The maximum absolute atomic E-state index is 13.4. The molecule has 1 N–H and O–H groups in total. The average molecular weight is 447 g/mol. The molecular weight excluding hydrogens is 427 g/mol. The number of carbonyl (C=O) groups is 2. The summed E-state index contributed by atoms with van der Waals surface area (Å²) in [7, 11) is 2.86. The standard InChI is InChI=1S/C21H20F3N5O3/c1-26-19(30)17-12-28(20(31)14-4-6-18(32-2)27-11-14)7-8-29(17)15-5-3-13(10-25)16(9-15)21(22,23)24/h3-6,9,11,17H,7-8,12H2,1-2H3,(H,26,30). The summed E-state index contributed by atoms with van der Waals surface area (Å²) in [5, 5.41) is 11.5. The monoisotopic (exact) mass is 447 g/mol. The zero-order valence-corrected chi connectivity index (χ0v) is 17.3. The molecule has 8 nitrogen and oxygen atoms in total. The third kappa shape index (κ3) is 4.59. The summed E-state index contributed by atoms with van der Waals surface area (Å²) in [4.78, 5) is 32.4. The van der Waals surface area contributed by atoms with Crippen molar-refractivity contribution in [2.45, 2.75) is 12.2 Å². The first-order chi connectivity index (χ1) is 15.2. The second kappa shape index (κ2) is 9.13. The van der Waals surface area contributed by atoms with Crippen LogP contribution in [0.5, 0.6) is 5.88 Å². The Morgan fingerprint density at radius 1 is 1.25 bits per heavy atom. The Balaban J connectivity index is 1.89. The van der Waals surface area contributed by atoms with Crippen LogP contribution in [-0.2, 0) is 11.0 Å². The van der Waals surface area contributed by atoms with E-state index in [1.165, 1.54) is 42.3 Å². The number of hydrogen-bond donors (Lipinski definition) is 1. The molecule has 1 saturated heterocycles. The zero-order chi connectivity index (χ0) is 23.5. The third-order valence-electron chi connectivity index (χ3n) is 5.17. The minimum Gasteiger partial charge on any atom is -0.481 e. The van der Waals surface area contributed by atoms with E-state index in [1.807, 2.05) is 0 Å². The summed E-state index contributed by atoms with van der Waals surface area (Å²) in [5.74, 6) is -0.464. The molecule has 2 aromatic rings. The number of methoxy groups -OCH3 is 1. The molecule has 1 aromatic carbocycles. The fourth-order valence-electron chi connectivity index (χ4n) is 3.52. The van der Waals surface area contributed by atoms with Crippen molar-refractivity contribution in [2.75, 3.05) is 38.7 Å². The van der Waals surface area contributed by atoms with E-state index in [0.717, 1.165) is 12.1 Å². The lowest BCUT2D eigenvalue weighted by molar-refractivity contribution is -0.137. The fourth-order valence-corrected chi connectivity index (χ4v) is 3.52. The number of piperazine rings is 1. The molecule has 2 heterocycles. The predicted molar refractivity (Wildman–Crippen MR) is 108 cm³/mol. The van der Waals surface area contributed by atoms with Crippen molar-refractivity contribution in [3.63, 3.8) is 0 Å². The Morgan fingerprint density at radius 3 is 2.56 bits per heavy atom. The Bertz CT molecular complexity index is 1050. The van der Waals surface area contributed by atoms with E-state index in [1.54, 1.807) is 12.1 Å². The van der Waals surface area contributed by atoms with Gasteiger partial charge in [0.1, 0.15) is 6.04 Å². The number of rotatable bonds is 4. The molecule has 1 fully saturated rings. The molecule has 1 aliphatic rings. The summed E-state index contributed by atoms with van der Waals surface area (Å²) in [5.41, 5.74) is -1.13. The number of nitriles is 1. The van der Waals surface area contributed by atoms with Crippen LogP contribution in [0.15, 0.2) is 36.5 Å². The predicted octanol–water partition coefficient (Wildman–Crippen LogP) is 2.06. The van der Waals surface area contributed by atoms with Crippen LogP contribution in [0.2, 0.25) is 0 Å². The van der Waals surface area contributed by atoms with Gasteiger partial charge in [-0.05, 0) is 24.3 Å². The van der Waals surface area contributed by atoms with E-state index in [9.17, 15) is 22.8 Å². The van der Waals surface area contributed by atoms with E-state index in [0.29, 0.717) is 11.4 Å². The topological polar surface area (TPSA) is 98.6 Å². The Morgan fingerprint density at radius 2 is 2.00 bits per heavy atom. The van der Waals surface area contributed by atoms with Crippen LogP contribution in [0.4, 0.5) is 18.9 Å². The maximum Gasteiger partial charge on any atom is 0.417 e. The molecule has 0 spiro atoms. The molecule has 168 valence electrons. The van der Waals surface area contributed by atoms with E-state index in [-0.39, 0.29) is 31.2 Å². The number of nitrogens with one attached hydrogen (secondary N) is 1. The number of halogens is 3. The lowest BCUT2D eigenvalue weighted by Crippen LogP contribution is -2.60. The number of anilines is 1. The van der Waals surface area contributed by atoms with Crippen LogP contribution >= 0.6 is 0 Å². The van der Waals surface area contributed by atoms with Crippen molar-refractivity contribution in [2.24, 2.45) is 0 Å². The first kappa shape index (κ1) is 22.9. The number of alkyl halides is 3. The molecule has 0 saturated carbocycles. The highest BCUT2D eigenvalue weighted by molar-refractivity contribution is 5.95. The highest BCUT2D eigenvalue weighted by atomic mass is 19.4. The minimum absolute atomic E-state index is 0.0358. The number of aromatic nitrogens is 1. The number of benzene rings is 1. The van der Waals surface area contributed by atoms with Crippen molar-refractivity contribution in [1.82, 2.24) is 15.2 Å². The van der Waals surface area contributed by atoms with Crippen molar-refractivity contribution < 1.29 is 27.5 Å². The molecule has 3 rings (SSSR count). The van der Waals surface area contributed by atoms with E-state index in [4.69, 9.17) is 10.00 Å². The number of pyridine rings is 1. The van der Waals surface area contributed by atoms with Gasteiger partial charge in [0.2, 0.25) is 11.8 Å². The van der Waals surface area contributed by atoms with Crippen LogP contribution in [0.3, 0.4) is 0 Å². The Kier molecular flexibility index (Phi) is 6.53. The maximum atomic E-state index is 13.4. The number of likely N-dealkylation sites (N-methyl/N-ethyl adjacent to an activating group) is 1. The van der Waals surface area contributed by atoms with Gasteiger partial charge in [-0.15, -0.1) is 0 Å². The number of ether oxygens (including phenoxy) is 1. The lowest BCUT2D eigenvalue weighted by atomic mass is 10.0. The summed E-state index contributed by atoms with van der Waals surface area (Å²) in [6.45, 7) is 0.266. The van der Waals surface area contributed by atoms with Gasteiger partial charge in [0, 0.05) is 38.1 Å². The van der Waals surface area contributed by atoms with Crippen LogP contribution in [0, 0.1) is 11.3 Å². The van der Waals surface area contributed by atoms with Gasteiger partial charge in [0.15, 0.2) is 0 Å². The first-order valence-corrected chi connectivity index (χ1v) is 9.58. The Labute approximate surface area is 182 Å². The van der Waals surface area contributed by atoms with Gasteiger partial charge in [-0.1, -0.05) is 0 Å². The van der Waals surface area contributed by atoms with Gasteiger partial charge in [0.05, 0.1) is 36.4 Å². The highest BCUT2D eigenvalue weighted by Gasteiger charge is 2.37. The van der Waals surface area contributed by atoms with Crippen LogP contribution in [0.1, 0.15) is 21.5 Å². The smallest absolute Gasteiger partial charge is 0.417 e. The number of nitrogens with zero attached hydrogens (tertiary/aromatic N) is 4. The molecule has 1 aliphatic heterocycles. The molecule has 1 unspecified atom stereocenters. The minimum atomic E-state index is -4.72. The van der Waals surface area contributed by atoms with Gasteiger partial charge >= 0.3 is 6.18 Å². The summed E-state index contributed by atoms with van der Waals surface area (Å²) in [6, 6.07) is 7.02. The summed E-state index contributed by atoms with van der Waals surface area (Å²) >= 11 is 0. The van der Waals surface area contributed by atoms with E-state index in [2.05, 4.69) is 10.3 Å². The highest BCUT2D eigenvalue weighted by Crippen LogP contribution is 2.35. The van der Waals surface area contributed by atoms with Gasteiger partial charge < -0.3 is 19.9 Å². The third-order valence-corrected chi connectivity index (χ3v) is 5.17. The van der Waals surface area contributed by atoms with Crippen molar-refractivity contribution in [3.8, 4) is 11.9 Å². The molecule has 1 atom stereocenters. The normalized spacial score (nSPS) is 16.3. The first-order valence-electron chi connectivity index (χ1n) is 9.58. The molecular formula is C21H20F3N5O3. The van der Waals surface area contributed by atoms with Crippen molar-refractivity contribution in [3.05, 3.63) is 53.2 Å². The quantitative estimate of drug-likeness (QED) is 0.771. The molecule has 0 bridgehead atoms. The summed E-state index contributed by atoms with van der Waals surface area (Å²) < 4.78 is 45.2. The Hall–Kier alpha value is -3.81. The van der Waals surface area contributed by atoms with E-state index >= 15 is 0 Å². The number of amides is 2. The largest absolute Gasteiger partial charge is 0.481 e. The van der Waals surface area contributed by atoms with Gasteiger partial charge in [-0.25, -0.2) is 4.98 Å². The molecule has 32 heavy (non-hydrogen) atoms. The lowest BCUT2D eigenvalue weighted by Gasteiger charge is -2.42. The van der Waals surface area contributed by atoms with Crippen LogP contribution in [0.25, 0.3) is 0 Å². The van der Waals surface area contributed by atoms with Crippen molar-refractivity contribution >= 4 is 17.5 Å². The molecule has 0 aliphatic carbocycles. The molecule has 0 radical (unpaired) electrons.